The lowest BCUT2D eigenvalue weighted by Crippen LogP contribution is -2.48. The summed E-state index contributed by atoms with van der Waals surface area (Å²) >= 11 is 0. The summed E-state index contributed by atoms with van der Waals surface area (Å²) in [5, 5.41) is 5.08. The van der Waals surface area contributed by atoms with Gasteiger partial charge in [-0.2, -0.15) is 4.31 Å². The predicted octanol–water partition coefficient (Wildman–Crippen LogP) is -0.477. The van der Waals surface area contributed by atoms with Gasteiger partial charge in [-0.25, -0.2) is 8.42 Å². The van der Waals surface area contributed by atoms with Gasteiger partial charge >= 0.3 is 11.8 Å². The molecule has 2 aliphatic heterocycles. The third kappa shape index (κ3) is 5.84. The quantitative estimate of drug-likeness (QED) is 0.519. The van der Waals surface area contributed by atoms with Crippen LogP contribution in [0.25, 0.3) is 0 Å². The highest BCUT2D eigenvalue weighted by atomic mass is 32.2. The van der Waals surface area contributed by atoms with E-state index in [0.29, 0.717) is 37.4 Å². The van der Waals surface area contributed by atoms with Gasteiger partial charge in [0, 0.05) is 32.7 Å². The van der Waals surface area contributed by atoms with Crippen LogP contribution < -0.4 is 10.6 Å². The Labute approximate surface area is 189 Å². The van der Waals surface area contributed by atoms with Crippen LogP contribution in [0.1, 0.15) is 16.7 Å². The molecule has 0 aliphatic carbocycles. The molecule has 2 aliphatic rings. The van der Waals surface area contributed by atoms with Crippen LogP contribution >= 0.6 is 0 Å². The highest BCUT2D eigenvalue weighted by Gasteiger charge is 2.38. The van der Waals surface area contributed by atoms with Crippen LogP contribution in [0.5, 0.6) is 0 Å². The Morgan fingerprint density at radius 1 is 1.00 bits per heavy atom. The van der Waals surface area contributed by atoms with E-state index in [1.165, 1.54) is 4.31 Å². The average Bonchev–Trinajstić information content (AvgIpc) is 3.21. The predicted molar refractivity (Wildman–Crippen MR) is 118 cm³/mol. The number of morpholine rings is 1. The second-order valence-electron chi connectivity index (χ2n) is 8.09. The standard InChI is InChI=1S/C21H32N4O6S/c1-15-12-16(2)19(17(3)13-15)32(28,29)25-8-11-31-18(25)14-23-21(27)20(26)22-4-5-24-6-9-30-10-7-24/h12-13,18H,4-11,14H2,1-3H3,(H,22,26)(H,23,27)/t18-/m0/s1. The van der Waals surface area contributed by atoms with Crippen molar-refractivity contribution >= 4 is 21.8 Å². The zero-order chi connectivity index (χ0) is 23.3. The molecule has 0 radical (unpaired) electrons. The van der Waals surface area contributed by atoms with Crippen molar-refractivity contribution in [3.05, 3.63) is 28.8 Å². The van der Waals surface area contributed by atoms with Gasteiger partial charge in [0.1, 0.15) is 6.23 Å². The van der Waals surface area contributed by atoms with E-state index in [9.17, 15) is 18.0 Å². The van der Waals surface area contributed by atoms with E-state index >= 15 is 0 Å². The van der Waals surface area contributed by atoms with Crippen molar-refractivity contribution in [2.75, 3.05) is 59.1 Å². The molecule has 2 fully saturated rings. The summed E-state index contributed by atoms with van der Waals surface area (Å²) in [6.45, 7) is 9.64. The largest absolute Gasteiger partial charge is 0.379 e. The molecule has 10 nitrogen and oxygen atoms in total. The fourth-order valence-corrected chi connectivity index (χ4v) is 6.05. The smallest absolute Gasteiger partial charge is 0.309 e. The maximum atomic E-state index is 13.3. The third-order valence-electron chi connectivity index (χ3n) is 5.58. The Bertz CT molecular complexity index is 923. The zero-order valence-corrected chi connectivity index (χ0v) is 19.7. The van der Waals surface area contributed by atoms with Gasteiger partial charge in [-0.15, -0.1) is 0 Å². The minimum Gasteiger partial charge on any atom is -0.379 e. The molecule has 32 heavy (non-hydrogen) atoms. The number of sulfonamides is 1. The van der Waals surface area contributed by atoms with E-state index in [2.05, 4.69) is 15.5 Å². The number of hydrogen-bond donors (Lipinski definition) is 2. The summed E-state index contributed by atoms with van der Waals surface area (Å²) in [4.78, 5) is 26.6. The van der Waals surface area contributed by atoms with Crippen LogP contribution in [0.3, 0.4) is 0 Å². The van der Waals surface area contributed by atoms with Crippen molar-refractivity contribution in [1.29, 1.82) is 0 Å². The number of ether oxygens (including phenoxy) is 2. The molecular formula is C21H32N4O6S. The van der Waals surface area contributed by atoms with Crippen LogP contribution in [0.2, 0.25) is 0 Å². The molecule has 11 heteroatoms. The molecule has 2 amide bonds. The molecule has 3 rings (SSSR count). The molecule has 0 spiro atoms. The fraction of sp³-hybridized carbons (Fsp3) is 0.619. The van der Waals surface area contributed by atoms with E-state index in [-0.39, 0.29) is 24.6 Å². The van der Waals surface area contributed by atoms with Crippen molar-refractivity contribution in [2.24, 2.45) is 0 Å². The molecule has 1 atom stereocenters. The van der Waals surface area contributed by atoms with Crippen molar-refractivity contribution in [3.8, 4) is 0 Å². The number of nitrogens with one attached hydrogen (secondary N) is 2. The summed E-state index contributed by atoms with van der Waals surface area (Å²) in [5.41, 5.74) is 2.31. The highest BCUT2D eigenvalue weighted by Crippen LogP contribution is 2.28. The molecule has 178 valence electrons. The Morgan fingerprint density at radius 3 is 2.28 bits per heavy atom. The van der Waals surface area contributed by atoms with E-state index in [4.69, 9.17) is 9.47 Å². The molecule has 1 aromatic rings. The third-order valence-corrected chi connectivity index (χ3v) is 7.77. The normalized spacial score (nSPS) is 20.3. The first-order chi connectivity index (χ1) is 15.2. The molecule has 0 aromatic heterocycles. The molecule has 0 saturated carbocycles. The van der Waals surface area contributed by atoms with Gasteiger partial charge in [0.05, 0.1) is 31.3 Å². The number of carbonyl (C=O) groups excluding carboxylic acids is 2. The van der Waals surface area contributed by atoms with Crippen molar-refractivity contribution in [1.82, 2.24) is 19.8 Å². The summed E-state index contributed by atoms with van der Waals surface area (Å²) in [6, 6.07) is 3.66. The molecular weight excluding hydrogens is 436 g/mol. The Morgan fingerprint density at radius 2 is 1.62 bits per heavy atom. The number of hydrogen-bond acceptors (Lipinski definition) is 7. The van der Waals surface area contributed by atoms with Crippen molar-refractivity contribution in [3.63, 3.8) is 0 Å². The van der Waals surface area contributed by atoms with Crippen LogP contribution in [-0.2, 0) is 29.1 Å². The van der Waals surface area contributed by atoms with Crippen LogP contribution in [0, 0.1) is 20.8 Å². The maximum absolute atomic E-state index is 13.3. The number of benzene rings is 1. The van der Waals surface area contributed by atoms with Gasteiger partial charge in [-0.3, -0.25) is 14.5 Å². The number of aryl methyl sites for hydroxylation is 3. The Hall–Kier alpha value is -2.05. The summed E-state index contributed by atoms with van der Waals surface area (Å²) in [6.07, 6.45) is -0.870. The summed E-state index contributed by atoms with van der Waals surface area (Å²) < 4.78 is 38.7. The van der Waals surface area contributed by atoms with Gasteiger partial charge in [0.2, 0.25) is 10.0 Å². The van der Waals surface area contributed by atoms with E-state index in [1.54, 1.807) is 13.8 Å². The summed E-state index contributed by atoms with van der Waals surface area (Å²) in [7, 11) is -3.82. The molecule has 2 saturated heterocycles. The SMILES string of the molecule is Cc1cc(C)c(S(=O)(=O)N2CCO[C@H]2CNC(=O)C(=O)NCCN2CCOCC2)c(C)c1. The zero-order valence-electron chi connectivity index (χ0n) is 18.8. The molecule has 2 heterocycles. The molecule has 0 bridgehead atoms. The highest BCUT2D eigenvalue weighted by molar-refractivity contribution is 7.89. The van der Waals surface area contributed by atoms with Gasteiger partial charge in [0.25, 0.3) is 0 Å². The van der Waals surface area contributed by atoms with Crippen molar-refractivity contribution in [2.45, 2.75) is 31.9 Å². The second kappa shape index (κ2) is 10.7. The lowest BCUT2D eigenvalue weighted by atomic mass is 10.1. The lowest BCUT2D eigenvalue weighted by Gasteiger charge is -2.26. The molecule has 0 unspecified atom stereocenters. The van der Waals surface area contributed by atoms with Crippen LogP contribution in [-0.4, -0.2) is 94.8 Å². The van der Waals surface area contributed by atoms with Crippen LogP contribution in [0.15, 0.2) is 17.0 Å². The molecule has 1 aromatic carbocycles. The lowest BCUT2D eigenvalue weighted by molar-refractivity contribution is -0.139. The minimum absolute atomic E-state index is 0.112. The fourth-order valence-electron chi connectivity index (χ4n) is 4.13. The first-order valence-corrected chi connectivity index (χ1v) is 12.2. The van der Waals surface area contributed by atoms with Crippen molar-refractivity contribution < 1.29 is 27.5 Å². The van der Waals surface area contributed by atoms with Gasteiger partial charge in [-0.1, -0.05) is 17.7 Å². The first-order valence-electron chi connectivity index (χ1n) is 10.8. The van der Waals surface area contributed by atoms with Gasteiger partial charge < -0.3 is 20.1 Å². The van der Waals surface area contributed by atoms with Gasteiger partial charge in [0.15, 0.2) is 0 Å². The number of nitrogens with zero attached hydrogens (tertiary/aromatic N) is 2. The van der Waals surface area contributed by atoms with E-state index in [1.807, 2.05) is 19.1 Å². The van der Waals surface area contributed by atoms with E-state index < -0.39 is 28.1 Å². The Balaban J connectivity index is 1.54. The topological polar surface area (TPSA) is 117 Å². The average molecular weight is 469 g/mol. The van der Waals surface area contributed by atoms with Crippen LogP contribution in [0.4, 0.5) is 0 Å². The Kier molecular flexibility index (Phi) is 8.23. The first kappa shape index (κ1) is 24.6. The minimum atomic E-state index is -3.82. The number of rotatable bonds is 7. The number of carbonyl (C=O) groups is 2. The monoisotopic (exact) mass is 468 g/mol. The molecule has 2 N–H and O–H groups in total. The van der Waals surface area contributed by atoms with E-state index in [0.717, 1.165) is 18.7 Å². The maximum Gasteiger partial charge on any atom is 0.309 e. The summed E-state index contributed by atoms with van der Waals surface area (Å²) in [5.74, 6) is -1.57. The second-order valence-corrected chi connectivity index (χ2v) is 9.92. The van der Waals surface area contributed by atoms with Gasteiger partial charge in [-0.05, 0) is 31.9 Å². The number of amides is 2.